The van der Waals surface area contributed by atoms with E-state index in [1.165, 1.54) is 0 Å². The van der Waals surface area contributed by atoms with E-state index < -0.39 is 5.97 Å². The van der Waals surface area contributed by atoms with Crippen LogP contribution in [0.4, 0.5) is 11.6 Å². The Morgan fingerprint density at radius 1 is 1.03 bits per heavy atom. The molecule has 2 aromatic carbocycles. The molecule has 0 aliphatic carbocycles. The van der Waals surface area contributed by atoms with Gasteiger partial charge in [0.15, 0.2) is 0 Å². The van der Waals surface area contributed by atoms with Crippen molar-refractivity contribution in [3.8, 4) is 5.69 Å². The number of hydrogen-bond donors (Lipinski definition) is 1. The van der Waals surface area contributed by atoms with Crippen LogP contribution in [0.5, 0.6) is 0 Å². The van der Waals surface area contributed by atoms with Crippen molar-refractivity contribution in [2.24, 2.45) is 10.2 Å². The van der Waals surface area contributed by atoms with Gasteiger partial charge in [0.25, 0.3) is 5.95 Å². The molecule has 0 aliphatic heterocycles. The number of aromatic amines is 1. The molecule has 150 valence electrons. The first-order valence-corrected chi connectivity index (χ1v) is 9.28. The van der Waals surface area contributed by atoms with E-state index in [1.807, 2.05) is 74.5 Å². The summed E-state index contributed by atoms with van der Waals surface area (Å²) in [6.07, 6.45) is 0. The fraction of sp³-hybridized carbons (Fsp3) is 0.143. The number of benzene rings is 2. The number of rotatable bonds is 6. The average molecular weight is 401 g/mol. The molecule has 0 amide bonds. The first-order valence-electron chi connectivity index (χ1n) is 9.28. The summed E-state index contributed by atoms with van der Waals surface area (Å²) in [6.45, 7) is 3.91. The number of aryl methyl sites for hydroxylation is 1. The topological polar surface area (TPSA) is 110 Å². The molecular weight excluding hydrogens is 382 g/mol. The van der Waals surface area contributed by atoms with Crippen LogP contribution in [-0.2, 0) is 11.3 Å². The van der Waals surface area contributed by atoms with Crippen molar-refractivity contribution in [2.75, 3.05) is 0 Å². The van der Waals surface area contributed by atoms with Crippen LogP contribution in [0.3, 0.4) is 0 Å². The molecule has 0 unspecified atom stereocenters. The van der Waals surface area contributed by atoms with Gasteiger partial charge >= 0.3 is 5.97 Å². The van der Waals surface area contributed by atoms with Gasteiger partial charge in [0, 0.05) is 0 Å². The van der Waals surface area contributed by atoms with Crippen molar-refractivity contribution >= 4 is 17.6 Å². The molecule has 30 heavy (non-hydrogen) atoms. The number of H-pyrrole nitrogens is 1. The van der Waals surface area contributed by atoms with Crippen LogP contribution in [-0.4, -0.2) is 30.9 Å². The van der Waals surface area contributed by atoms with E-state index in [1.54, 1.807) is 4.68 Å². The van der Waals surface area contributed by atoms with Crippen molar-refractivity contribution < 1.29 is 9.53 Å². The maximum atomic E-state index is 12.1. The summed E-state index contributed by atoms with van der Waals surface area (Å²) < 4.78 is 7.02. The predicted octanol–water partition coefficient (Wildman–Crippen LogP) is 4.38. The Morgan fingerprint density at radius 3 is 2.47 bits per heavy atom. The third kappa shape index (κ3) is 4.14. The number of aromatic nitrogens is 5. The maximum Gasteiger partial charge on any atom is 0.376 e. The van der Waals surface area contributed by atoms with Gasteiger partial charge in [0.05, 0.1) is 17.1 Å². The Kier molecular flexibility index (Phi) is 5.42. The molecule has 9 nitrogen and oxygen atoms in total. The SMILES string of the molecule is Cc1nn(-c2ccccc2)c(C)c1N=Nc1n[nH]c(C(=O)OCc2ccccc2)n1. The average Bonchev–Trinajstić information content (AvgIpc) is 3.36. The second kappa shape index (κ2) is 8.48. The summed E-state index contributed by atoms with van der Waals surface area (Å²) in [7, 11) is 0. The molecule has 4 rings (SSSR count). The number of ether oxygens (including phenoxy) is 1. The maximum absolute atomic E-state index is 12.1. The summed E-state index contributed by atoms with van der Waals surface area (Å²) in [5.41, 5.74) is 3.99. The van der Waals surface area contributed by atoms with Gasteiger partial charge in [-0.2, -0.15) is 10.1 Å². The van der Waals surface area contributed by atoms with E-state index in [4.69, 9.17) is 4.74 Å². The van der Waals surface area contributed by atoms with Gasteiger partial charge in [-0.1, -0.05) is 48.5 Å². The zero-order valence-corrected chi connectivity index (χ0v) is 16.5. The lowest BCUT2D eigenvalue weighted by molar-refractivity contribution is 0.0459. The highest BCUT2D eigenvalue weighted by Gasteiger charge is 2.15. The Balaban J connectivity index is 1.46. The Labute approximate surface area is 172 Å². The molecule has 1 N–H and O–H groups in total. The van der Waals surface area contributed by atoms with Crippen LogP contribution in [0.15, 0.2) is 70.9 Å². The standard InChI is InChI=1S/C21H19N7O2/c1-14-18(15(2)28(27-14)17-11-7-4-8-12-17)23-25-21-22-19(24-26-21)20(29)30-13-16-9-5-3-6-10-16/h3-12H,13H2,1-2H3,(H,22,24,26). The third-order valence-corrected chi connectivity index (χ3v) is 4.37. The lowest BCUT2D eigenvalue weighted by Crippen LogP contribution is -2.07. The predicted molar refractivity (Wildman–Crippen MR) is 109 cm³/mol. The number of carbonyl (C=O) groups excluding carboxylic acids is 1. The molecule has 0 saturated carbocycles. The zero-order chi connectivity index (χ0) is 20.9. The minimum Gasteiger partial charge on any atom is -0.455 e. The Hall–Kier alpha value is -4.14. The highest BCUT2D eigenvalue weighted by atomic mass is 16.5. The smallest absolute Gasteiger partial charge is 0.376 e. The van der Waals surface area contributed by atoms with Gasteiger partial charge in [-0.3, -0.25) is 5.10 Å². The highest BCUT2D eigenvalue weighted by molar-refractivity contribution is 5.85. The fourth-order valence-electron chi connectivity index (χ4n) is 2.87. The van der Waals surface area contributed by atoms with Crippen LogP contribution in [0, 0.1) is 13.8 Å². The zero-order valence-electron chi connectivity index (χ0n) is 16.5. The fourth-order valence-corrected chi connectivity index (χ4v) is 2.87. The highest BCUT2D eigenvalue weighted by Crippen LogP contribution is 2.26. The molecule has 0 saturated heterocycles. The monoisotopic (exact) mass is 401 g/mol. The van der Waals surface area contributed by atoms with E-state index >= 15 is 0 Å². The quantitative estimate of drug-likeness (QED) is 0.381. The largest absolute Gasteiger partial charge is 0.455 e. The second-order valence-electron chi connectivity index (χ2n) is 6.51. The molecule has 2 heterocycles. The van der Waals surface area contributed by atoms with Crippen LogP contribution < -0.4 is 0 Å². The molecule has 9 heteroatoms. The minimum absolute atomic E-state index is 0.0340. The molecule has 0 atom stereocenters. The van der Waals surface area contributed by atoms with E-state index in [2.05, 4.69) is 30.5 Å². The molecular formula is C21H19N7O2. The molecule has 2 aromatic heterocycles. The first kappa shape index (κ1) is 19.2. The van der Waals surface area contributed by atoms with Gasteiger partial charge in [-0.25, -0.2) is 9.48 Å². The van der Waals surface area contributed by atoms with Gasteiger partial charge in [-0.15, -0.1) is 15.3 Å². The van der Waals surface area contributed by atoms with Crippen molar-refractivity contribution in [1.29, 1.82) is 0 Å². The third-order valence-electron chi connectivity index (χ3n) is 4.37. The molecule has 4 aromatic rings. The van der Waals surface area contributed by atoms with Crippen LogP contribution in [0.1, 0.15) is 27.6 Å². The molecule has 0 aliphatic rings. The number of carbonyl (C=O) groups is 1. The van der Waals surface area contributed by atoms with Gasteiger partial charge < -0.3 is 4.74 Å². The molecule has 0 bridgehead atoms. The van der Waals surface area contributed by atoms with Gasteiger partial charge in [-0.05, 0) is 31.5 Å². The number of nitrogens with one attached hydrogen (secondary N) is 1. The normalized spacial score (nSPS) is 11.1. The van der Waals surface area contributed by atoms with Crippen LogP contribution >= 0.6 is 0 Å². The molecule has 0 spiro atoms. The number of para-hydroxylation sites is 1. The summed E-state index contributed by atoms with van der Waals surface area (Å²) in [6, 6.07) is 19.1. The summed E-state index contributed by atoms with van der Waals surface area (Å²) in [5, 5.41) is 19.2. The number of hydrogen-bond acceptors (Lipinski definition) is 7. The van der Waals surface area contributed by atoms with Crippen molar-refractivity contribution in [1.82, 2.24) is 25.0 Å². The lowest BCUT2D eigenvalue weighted by Gasteiger charge is -2.02. The Morgan fingerprint density at radius 2 is 1.73 bits per heavy atom. The summed E-state index contributed by atoms with van der Waals surface area (Å²) in [5.74, 6) is -0.613. The van der Waals surface area contributed by atoms with Crippen LogP contribution in [0.25, 0.3) is 5.69 Å². The van der Waals surface area contributed by atoms with Crippen molar-refractivity contribution in [2.45, 2.75) is 20.5 Å². The first-order chi connectivity index (χ1) is 14.6. The summed E-state index contributed by atoms with van der Waals surface area (Å²) >= 11 is 0. The van der Waals surface area contributed by atoms with Crippen LogP contribution in [0.2, 0.25) is 0 Å². The number of nitrogens with zero attached hydrogens (tertiary/aromatic N) is 6. The van der Waals surface area contributed by atoms with Crippen molar-refractivity contribution in [3.63, 3.8) is 0 Å². The molecule has 0 radical (unpaired) electrons. The van der Waals surface area contributed by atoms with Gasteiger partial charge in [0.1, 0.15) is 12.3 Å². The number of esters is 1. The lowest BCUT2D eigenvalue weighted by atomic mass is 10.2. The van der Waals surface area contributed by atoms with E-state index in [0.29, 0.717) is 5.69 Å². The summed E-state index contributed by atoms with van der Waals surface area (Å²) in [4.78, 5) is 16.2. The van der Waals surface area contributed by atoms with E-state index in [0.717, 1.165) is 22.6 Å². The second-order valence-corrected chi connectivity index (χ2v) is 6.51. The van der Waals surface area contributed by atoms with Crippen molar-refractivity contribution in [3.05, 3.63) is 83.4 Å². The molecule has 0 fully saturated rings. The van der Waals surface area contributed by atoms with Gasteiger partial charge in [0.2, 0.25) is 5.82 Å². The van der Waals surface area contributed by atoms with E-state index in [9.17, 15) is 4.79 Å². The minimum atomic E-state index is -0.614. The number of azo groups is 1. The van der Waals surface area contributed by atoms with E-state index in [-0.39, 0.29) is 18.4 Å². The Bertz CT molecular complexity index is 1180.